The highest BCUT2D eigenvalue weighted by Crippen LogP contribution is 2.47. The molecular formula is C109H69BN14. The highest BCUT2D eigenvalue weighted by Gasteiger charge is 2.43. The van der Waals surface area contributed by atoms with Crippen molar-refractivity contribution in [1.29, 1.82) is 0 Å². The number of hydrogen-bond donors (Lipinski definition) is 0. The second-order valence-electron chi connectivity index (χ2n) is 30.9. The minimum atomic E-state index is 0.0294. The van der Waals surface area contributed by atoms with E-state index in [4.69, 9.17) is 54.8 Å². The predicted octanol–water partition coefficient (Wildman–Crippen LogP) is 23.9. The van der Waals surface area contributed by atoms with Gasteiger partial charge in [-0.1, -0.05) is 303 Å². The van der Waals surface area contributed by atoms with Crippen molar-refractivity contribution in [2.45, 2.75) is 0 Å². The van der Waals surface area contributed by atoms with Gasteiger partial charge in [-0.05, 0) is 143 Å². The fraction of sp³-hybridized carbons (Fsp3) is 0. The Morgan fingerprint density at radius 2 is 0.476 bits per heavy atom. The lowest BCUT2D eigenvalue weighted by atomic mass is 9.33. The average Bonchev–Trinajstić information content (AvgIpc) is 0.858. The summed E-state index contributed by atoms with van der Waals surface area (Å²) < 4.78 is 2.34. The Balaban J connectivity index is 0.716. The lowest BCUT2D eigenvalue weighted by molar-refractivity contribution is 1.07. The van der Waals surface area contributed by atoms with E-state index in [2.05, 4.69) is 245 Å². The Bertz CT molecular complexity index is 7310. The van der Waals surface area contributed by atoms with Crippen LogP contribution in [0.25, 0.3) is 175 Å². The molecule has 0 amide bonds. The van der Waals surface area contributed by atoms with Crippen LogP contribution in [0.4, 0.5) is 34.1 Å². The van der Waals surface area contributed by atoms with Crippen LogP contribution in [-0.2, 0) is 0 Å². The molecule has 23 rings (SSSR count). The number of para-hydroxylation sites is 3. The molecule has 0 atom stereocenters. The monoisotopic (exact) mass is 1580 g/mol. The first kappa shape index (κ1) is 72.3. The highest BCUT2D eigenvalue weighted by atomic mass is 15.2. The Hall–Kier alpha value is -16.9. The smallest absolute Gasteiger partial charge is 0.252 e. The molecule has 16 aromatic carbocycles. The Morgan fingerprint density at radius 3 is 0.903 bits per heavy atom. The number of benzene rings is 16. The van der Waals surface area contributed by atoms with E-state index in [0.717, 1.165) is 134 Å². The molecule has 0 saturated carbocycles. The van der Waals surface area contributed by atoms with Gasteiger partial charge >= 0.3 is 0 Å². The summed E-state index contributed by atoms with van der Waals surface area (Å²) in [6.45, 7) is 0.0294. The molecule has 7 heterocycles. The van der Waals surface area contributed by atoms with E-state index >= 15 is 0 Å². The first-order valence-electron chi connectivity index (χ1n) is 41.4. The van der Waals surface area contributed by atoms with Crippen molar-refractivity contribution in [3.8, 4) is 153 Å². The van der Waals surface area contributed by atoms with E-state index in [9.17, 15) is 0 Å². The molecule has 0 aliphatic carbocycles. The van der Waals surface area contributed by atoms with Crippen molar-refractivity contribution >= 4 is 79.0 Å². The number of nitrogens with zero attached hydrogens (tertiary/aromatic N) is 14. The van der Waals surface area contributed by atoms with Crippen molar-refractivity contribution in [1.82, 2.24) is 59.4 Å². The molecule has 0 bridgehead atoms. The number of rotatable bonds is 16. The molecule has 124 heavy (non-hydrogen) atoms. The molecule has 0 fully saturated rings. The van der Waals surface area contributed by atoms with Crippen molar-refractivity contribution in [2.24, 2.45) is 0 Å². The molecule has 578 valence electrons. The van der Waals surface area contributed by atoms with Crippen LogP contribution in [0.15, 0.2) is 419 Å². The van der Waals surface area contributed by atoms with Gasteiger partial charge < -0.3 is 14.4 Å². The summed E-state index contributed by atoms with van der Waals surface area (Å²) in [4.78, 5) is 63.5. The summed E-state index contributed by atoms with van der Waals surface area (Å²) in [6.07, 6.45) is 0. The van der Waals surface area contributed by atoms with Gasteiger partial charge in [0.05, 0.1) is 28.1 Å². The standard InChI is InChI=1S/C109H69BN14/c1-9-31-71(32-10-1)90-69-91(112-106(111-90)79-46-29-45-78(65-79)70-55-60-84(61-56-70)123-96-52-28-26-50-89(96)110-88-49-25-27-51-95(88)122(83-47-23-8-24-48-83)97-53-30-54-98(123)99(97)110)87-68-82(109-120-104(76-41-19-6-20-42-76)115-105(121-109)77-43-21-7-22-44-77)59-64-94(87)124-92-62-57-80(107-116-100(72-33-11-2-12-34-72)113-101(117-107)73-35-13-3-14-36-73)66-85(92)86-67-81(58-63-93(86)124)108-118-102(74-37-15-4-16-38-74)114-103(119-108)75-39-17-5-18-40-75/h1-69H. The average molecular weight is 1590 g/mol. The van der Waals surface area contributed by atoms with Gasteiger partial charge in [0, 0.05) is 112 Å². The van der Waals surface area contributed by atoms with Gasteiger partial charge in [-0.2, -0.15) is 0 Å². The molecule has 0 N–H and O–H groups in total. The molecular weight excluding hydrogens is 1520 g/mol. The van der Waals surface area contributed by atoms with Gasteiger partial charge in [0.1, 0.15) is 0 Å². The topological polar surface area (TPSA) is 153 Å². The SMILES string of the molecule is c1ccc(-c2cc(-c3cc(-c4nc(-c5ccccc5)nc(-c5ccccc5)n4)ccc3-n3c4ccc(-c5nc(-c6ccccc6)nc(-c6ccccc6)n5)cc4c4cc(-c5nc(-c6ccccc6)nc(-c6ccccc6)n5)ccc43)nc(-c3cccc(-c4ccc(N5c6ccccc6B6c7ccccc7N(c7ccccc7)c7cccc5c76)cc4)c3)n2)cc1. The Labute approximate surface area is 715 Å². The second-order valence-corrected chi connectivity index (χ2v) is 30.9. The molecule has 0 spiro atoms. The zero-order chi connectivity index (χ0) is 82.0. The number of hydrogen-bond acceptors (Lipinski definition) is 13. The van der Waals surface area contributed by atoms with E-state index < -0.39 is 0 Å². The molecule has 21 aromatic rings. The molecule has 5 aromatic heterocycles. The number of anilines is 6. The third kappa shape index (κ3) is 13.2. The van der Waals surface area contributed by atoms with E-state index in [0.29, 0.717) is 63.9 Å². The van der Waals surface area contributed by atoms with Gasteiger partial charge in [-0.25, -0.2) is 54.8 Å². The van der Waals surface area contributed by atoms with E-state index in [1.165, 1.54) is 27.8 Å². The van der Waals surface area contributed by atoms with Gasteiger partial charge in [0.15, 0.2) is 58.2 Å². The van der Waals surface area contributed by atoms with Crippen LogP contribution in [0.1, 0.15) is 0 Å². The second kappa shape index (κ2) is 30.8. The zero-order valence-corrected chi connectivity index (χ0v) is 66.7. The van der Waals surface area contributed by atoms with Crippen LogP contribution < -0.4 is 26.2 Å². The summed E-state index contributed by atoms with van der Waals surface area (Å²) in [5.41, 5.74) is 26.7. The first-order chi connectivity index (χ1) is 61.4. The molecule has 0 unspecified atom stereocenters. The summed E-state index contributed by atoms with van der Waals surface area (Å²) in [7, 11) is 0. The van der Waals surface area contributed by atoms with Crippen LogP contribution in [0.3, 0.4) is 0 Å². The third-order valence-corrected chi connectivity index (χ3v) is 23.3. The Kier molecular flexibility index (Phi) is 18.0. The summed E-state index contributed by atoms with van der Waals surface area (Å²) in [6, 6.07) is 145. The van der Waals surface area contributed by atoms with E-state index in [1.54, 1.807) is 0 Å². The summed E-state index contributed by atoms with van der Waals surface area (Å²) in [5, 5.41) is 1.83. The minimum absolute atomic E-state index is 0.0294. The van der Waals surface area contributed by atoms with Gasteiger partial charge in [0.2, 0.25) is 0 Å². The third-order valence-electron chi connectivity index (χ3n) is 23.3. The number of fused-ring (bicyclic) bond motifs is 7. The van der Waals surface area contributed by atoms with Crippen LogP contribution in [0.5, 0.6) is 0 Å². The van der Waals surface area contributed by atoms with Crippen LogP contribution in [0, 0.1) is 0 Å². The normalized spacial score (nSPS) is 12.0. The van der Waals surface area contributed by atoms with Gasteiger partial charge in [-0.15, -0.1) is 0 Å². The largest absolute Gasteiger partial charge is 0.311 e. The maximum Gasteiger partial charge on any atom is 0.252 e. The molecule has 2 aliphatic rings. The zero-order valence-electron chi connectivity index (χ0n) is 66.7. The molecule has 2 aliphatic heterocycles. The maximum absolute atomic E-state index is 5.82. The molecule has 0 radical (unpaired) electrons. The minimum Gasteiger partial charge on any atom is -0.311 e. The molecule has 0 saturated heterocycles. The van der Waals surface area contributed by atoms with Crippen molar-refractivity contribution in [2.75, 3.05) is 9.80 Å². The molecule has 15 heteroatoms. The van der Waals surface area contributed by atoms with Crippen molar-refractivity contribution in [3.63, 3.8) is 0 Å². The molecule has 14 nitrogen and oxygen atoms in total. The fourth-order valence-corrected chi connectivity index (χ4v) is 17.5. The predicted molar refractivity (Wildman–Crippen MR) is 501 cm³/mol. The van der Waals surface area contributed by atoms with E-state index in [1.807, 2.05) is 188 Å². The van der Waals surface area contributed by atoms with Gasteiger partial charge in [0.25, 0.3) is 6.71 Å². The summed E-state index contributed by atoms with van der Waals surface area (Å²) >= 11 is 0. The van der Waals surface area contributed by atoms with E-state index in [-0.39, 0.29) is 6.71 Å². The van der Waals surface area contributed by atoms with Crippen LogP contribution in [0.2, 0.25) is 0 Å². The van der Waals surface area contributed by atoms with Gasteiger partial charge in [-0.3, -0.25) is 0 Å². The lowest BCUT2D eigenvalue weighted by Gasteiger charge is -2.44. The highest BCUT2D eigenvalue weighted by molar-refractivity contribution is 7.00. The lowest BCUT2D eigenvalue weighted by Crippen LogP contribution is -2.61. The van der Waals surface area contributed by atoms with Crippen molar-refractivity contribution in [3.05, 3.63) is 419 Å². The maximum atomic E-state index is 5.82. The van der Waals surface area contributed by atoms with Crippen LogP contribution in [-0.4, -0.2) is 66.1 Å². The number of aromatic nitrogens is 12. The van der Waals surface area contributed by atoms with Crippen LogP contribution >= 0.6 is 0 Å². The first-order valence-corrected chi connectivity index (χ1v) is 41.4. The Morgan fingerprint density at radius 1 is 0.177 bits per heavy atom. The summed E-state index contributed by atoms with van der Waals surface area (Å²) in [5.74, 6) is 5.34. The van der Waals surface area contributed by atoms with Crippen molar-refractivity contribution < 1.29 is 0 Å². The quantitative estimate of drug-likeness (QED) is 0.0844. The fourth-order valence-electron chi connectivity index (χ4n) is 17.5.